The van der Waals surface area contributed by atoms with Gasteiger partial charge < -0.3 is 0 Å². The van der Waals surface area contributed by atoms with Gasteiger partial charge in [-0.3, -0.25) is 0 Å². The fourth-order valence-electron chi connectivity index (χ4n) is 29.2. The first-order valence-corrected chi connectivity index (χ1v) is 60.4. The molecule has 15 aromatic rings. The summed E-state index contributed by atoms with van der Waals surface area (Å²) >= 11 is 0. The lowest BCUT2D eigenvalue weighted by Gasteiger charge is -2.33. The van der Waals surface area contributed by atoms with Crippen molar-refractivity contribution in [1.29, 1.82) is 0 Å². The van der Waals surface area contributed by atoms with Crippen molar-refractivity contribution in [3.63, 3.8) is 0 Å². The fourth-order valence-corrected chi connectivity index (χ4v) is 29.2. The number of rotatable bonds is 50. The van der Waals surface area contributed by atoms with Gasteiger partial charge in [-0.15, -0.1) is 0 Å². The van der Waals surface area contributed by atoms with Crippen molar-refractivity contribution in [1.82, 2.24) is 0 Å². The van der Waals surface area contributed by atoms with Gasteiger partial charge in [0.1, 0.15) is 0 Å². The molecule has 0 heterocycles. The van der Waals surface area contributed by atoms with E-state index in [-0.39, 0.29) is 32.5 Å². The highest BCUT2D eigenvalue weighted by molar-refractivity contribution is 5.95. The lowest BCUT2D eigenvalue weighted by atomic mass is 9.70. The molecule has 0 aromatic heterocycles. The predicted molar refractivity (Wildman–Crippen MR) is 649 cm³/mol. The number of hydrogen-bond acceptors (Lipinski definition) is 0. The molecule has 0 amide bonds. The Morgan fingerprint density at radius 1 is 0.120 bits per heavy atom. The Labute approximate surface area is 904 Å². The summed E-state index contributed by atoms with van der Waals surface area (Å²) in [5.41, 5.74) is 55.3. The molecule has 0 atom stereocenters. The summed E-state index contributed by atoms with van der Waals surface area (Å²) in [6.07, 6.45) is 54.2. The van der Waals surface area contributed by atoms with Crippen LogP contribution in [-0.2, 0) is 32.5 Å². The van der Waals surface area contributed by atoms with Crippen molar-refractivity contribution in [2.45, 2.75) is 385 Å². The summed E-state index contributed by atoms with van der Waals surface area (Å²) in [5, 5.41) is 0. The summed E-state index contributed by atoms with van der Waals surface area (Å²) < 4.78 is 0. The van der Waals surface area contributed by atoms with Crippen LogP contribution in [0.1, 0.15) is 420 Å². The van der Waals surface area contributed by atoms with Crippen LogP contribution in [0.3, 0.4) is 0 Å². The predicted octanol–water partition coefficient (Wildman–Crippen LogP) is 45.2. The first-order chi connectivity index (χ1) is 73.4. The third kappa shape index (κ3) is 20.1. The van der Waals surface area contributed by atoms with Crippen molar-refractivity contribution in [2.24, 2.45) is 0 Å². The van der Waals surface area contributed by atoms with E-state index in [0.717, 1.165) is 0 Å². The molecule has 0 heteroatoms. The molecule has 0 nitrogen and oxygen atoms in total. The van der Waals surface area contributed by atoms with E-state index in [1.54, 1.807) is 33.4 Å². The number of fused-ring (bicyclic) bond motifs is 18. The Hall–Kier alpha value is -11.7. The molecule has 770 valence electrons. The highest BCUT2D eigenvalue weighted by atomic mass is 14.5. The Morgan fingerprint density at radius 3 is 0.467 bits per heavy atom. The third-order valence-electron chi connectivity index (χ3n) is 38.0. The molecule has 0 saturated carbocycles. The largest absolute Gasteiger partial charge is 0.0654 e. The van der Waals surface area contributed by atoms with Crippen LogP contribution in [0.4, 0.5) is 0 Å². The van der Waals surface area contributed by atoms with E-state index in [9.17, 15) is 0 Å². The summed E-state index contributed by atoms with van der Waals surface area (Å²) in [6.45, 7) is 29.0. The normalized spacial score (nSPS) is 14.9. The maximum absolute atomic E-state index is 2.70. The van der Waals surface area contributed by atoms with Crippen molar-refractivity contribution < 1.29 is 0 Å². The lowest BCUT2D eigenvalue weighted by Crippen LogP contribution is -2.25. The SMILES string of the molecule is CCCCCCCCC1(CCCCCCCC)c2ccccc2-c2ccc(-c3ccc4c(c3)C(C)(C)c3cc(-c5ccc(-c6ccc7c(c6)C(CCCCCCCC)(CCCCCCCC)c6cc(-c8ccc9c(c8)C(C)(C)c8cc(-c%10ccc(-c%11ccc%12c(c%11)C(CCCCCCCC)(CCCCCCCC)c%11cc(-c%13ccc%14c(c%13)C(C)(C)c%13cc(-c%15ccccc%15)ccc%13-%14)ccc%11-%12)cc%10)ccc8-9)ccc6-7)cc5)ccc3-4)cc21. The van der Waals surface area contributed by atoms with Gasteiger partial charge in [0.25, 0.3) is 0 Å². The van der Waals surface area contributed by atoms with Gasteiger partial charge in [-0.1, -0.05) is 551 Å². The minimum Gasteiger partial charge on any atom is -0.0654 e. The molecule has 0 unspecified atom stereocenters. The molecule has 150 heavy (non-hydrogen) atoms. The van der Waals surface area contributed by atoms with E-state index in [4.69, 9.17) is 0 Å². The molecule has 0 fully saturated rings. The third-order valence-corrected chi connectivity index (χ3v) is 38.0. The second-order valence-electron chi connectivity index (χ2n) is 48.7. The van der Waals surface area contributed by atoms with Crippen molar-refractivity contribution in [3.05, 3.63) is 370 Å². The molecule has 0 radical (unpaired) electrons. The first kappa shape index (κ1) is 104. The van der Waals surface area contributed by atoms with Gasteiger partial charge in [0.15, 0.2) is 0 Å². The smallest absolute Gasteiger partial charge is 0.0215 e. The Bertz CT molecular complexity index is 7240. The van der Waals surface area contributed by atoms with E-state index in [1.807, 2.05) is 0 Å². The minimum atomic E-state index is -0.209. The fraction of sp³-hybridized carbons (Fsp3) is 0.400. The van der Waals surface area contributed by atoms with Gasteiger partial charge in [-0.2, -0.15) is 0 Å². The minimum absolute atomic E-state index is 0.0516. The molecule has 21 rings (SSSR count). The lowest BCUT2D eigenvalue weighted by molar-refractivity contribution is 0.398. The highest BCUT2D eigenvalue weighted by Gasteiger charge is 2.48. The van der Waals surface area contributed by atoms with E-state index in [0.29, 0.717) is 0 Å². The van der Waals surface area contributed by atoms with Crippen molar-refractivity contribution >= 4 is 0 Å². The van der Waals surface area contributed by atoms with E-state index < -0.39 is 0 Å². The Morgan fingerprint density at radius 2 is 0.260 bits per heavy atom. The van der Waals surface area contributed by atoms with Crippen LogP contribution in [-0.4, -0.2) is 0 Å². The zero-order valence-electron chi connectivity index (χ0n) is 93.6. The summed E-state index contributed by atoms with van der Waals surface area (Å²) in [6, 6.07) is 123. The van der Waals surface area contributed by atoms with Crippen molar-refractivity contribution in [3.8, 4) is 156 Å². The summed E-state index contributed by atoms with van der Waals surface area (Å²) in [7, 11) is 0. The molecular weight excluding hydrogens is 1800 g/mol. The van der Waals surface area contributed by atoms with Crippen LogP contribution in [0.15, 0.2) is 303 Å². The van der Waals surface area contributed by atoms with E-state index in [2.05, 4.69) is 386 Å². The zero-order chi connectivity index (χ0) is 103. The molecule has 6 aliphatic carbocycles. The standard InChI is InChI=1S/C150H170/c1-13-19-25-31-37-48-88-148(89-49-38-32-26-20-14-2)133-57-47-46-56-121(133)128-85-74-118(102-140(128)148)115-71-80-126-123-78-67-111(95-135(123)146(9,10)138(126)97-115)106-58-62-108(63-59-106)114-70-84-130-132-87-76-120(104-144(132)150(142(130)101-114,92-52-41-35-29-23-17-5)93-53-42-36-30-24-18-6)117-73-82-127-124-79-68-112(96-136(124)147(11,12)139(127)99-117)107-60-64-109(65-61-107)113-69-83-129-131-86-75-119(103-143(131)149(141(129)100-113,90-50-39-33-27-21-15-3)91-51-40-34-28-22-16-4)116-72-81-125-122-77-66-110(105-54-44-43-45-55-105)94-134(122)145(7,8)137(125)98-116/h43-47,54-87,94-104H,13-42,48-53,88-93H2,1-12H3. The number of benzene rings is 15. The van der Waals surface area contributed by atoms with Gasteiger partial charge >= 0.3 is 0 Å². The van der Waals surface area contributed by atoms with Crippen LogP contribution in [0, 0.1) is 0 Å². The quantitative estimate of drug-likeness (QED) is 0.0333. The molecule has 0 N–H and O–H groups in total. The van der Waals surface area contributed by atoms with Crippen LogP contribution in [0.5, 0.6) is 0 Å². The maximum atomic E-state index is 2.70. The van der Waals surface area contributed by atoms with Crippen molar-refractivity contribution in [2.75, 3.05) is 0 Å². The second kappa shape index (κ2) is 45.7. The van der Waals surface area contributed by atoms with Crippen LogP contribution >= 0.6 is 0 Å². The Balaban J connectivity index is 0.546. The van der Waals surface area contributed by atoms with Crippen LogP contribution in [0.25, 0.3) is 156 Å². The zero-order valence-corrected chi connectivity index (χ0v) is 93.6. The molecule has 0 aliphatic heterocycles. The van der Waals surface area contributed by atoms with E-state index in [1.165, 1.54) is 459 Å². The van der Waals surface area contributed by atoms with Crippen LogP contribution < -0.4 is 0 Å². The molecular formula is C150H170. The maximum Gasteiger partial charge on any atom is 0.0215 e. The van der Waals surface area contributed by atoms with Gasteiger partial charge in [0, 0.05) is 32.5 Å². The first-order valence-electron chi connectivity index (χ1n) is 60.4. The van der Waals surface area contributed by atoms with Gasteiger partial charge in [0.05, 0.1) is 0 Å². The van der Waals surface area contributed by atoms with E-state index >= 15 is 0 Å². The monoisotopic (exact) mass is 1970 g/mol. The molecule has 0 saturated heterocycles. The molecule has 0 bridgehead atoms. The van der Waals surface area contributed by atoms with Crippen LogP contribution in [0.2, 0.25) is 0 Å². The number of unbranched alkanes of at least 4 members (excludes halogenated alkanes) is 30. The van der Waals surface area contributed by atoms with Gasteiger partial charge in [-0.05, 0) is 328 Å². The van der Waals surface area contributed by atoms with Gasteiger partial charge in [0.2, 0.25) is 0 Å². The Kier molecular flexibility index (Phi) is 31.7. The second-order valence-corrected chi connectivity index (χ2v) is 48.7. The number of hydrogen-bond donors (Lipinski definition) is 0. The average molecular weight is 1970 g/mol. The highest BCUT2D eigenvalue weighted by Crippen LogP contribution is 2.63. The van der Waals surface area contributed by atoms with Gasteiger partial charge in [-0.25, -0.2) is 0 Å². The molecule has 6 aliphatic rings. The summed E-state index contributed by atoms with van der Waals surface area (Å²) in [5.74, 6) is 0. The molecule has 15 aromatic carbocycles. The summed E-state index contributed by atoms with van der Waals surface area (Å²) in [4.78, 5) is 0. The average Bonchev–Trinajstić information content (AvgIpc) is 1.60. The topological polar surface area (TPSA) is 0 Å². The molecule has 0 spiro atoms.